The van der Waals surface area contributed by atoms with Gasteiger partial charge in [0.2, 0.25) is 0 Å². The summed E-state index contributed by atoms with van der Waals surface area (Å²) >= 11 is 0. The van der Waals surface area contributed by atoms with Gasteiger partial charge in [0.05, 0.1) is 0 Å². The van der Waals surface area contributed by atoms with Crippen molar-refractivity contribution in [2.24, 2.45) is 5.73 Å². The average Bonchev–Trinajstić information content (AvgIpc) is 2.58. The van der Waals surface area contributed by atoms with Gasteiger partial charge in [0.15, 0.2) is 0 Å². The Kier molecular flexibility index (Phi) is 4.37. The molecule has 0 aliphatic carbocycles. The maximum Gasteiger partial charge on any atom is 0.128 e. The molecule has 1 saturated heterocycles. The Morgan fingerprint density at radius 1 is 1.24 bits per heavy atom. The smallest absolute Gasteiger partial charge is 0.128 e. The first-order chi connectivity index (χ1) is 8.25. The van der Waals surface area contributed by atoms with Crippen LogP contribution in [0.2, 0.25) is 0 Å². The van der Waals surface area contributed by atoms with Crippen molar-refractivity contribution in [2.75, 3.05) is 18.0 Å². The first-order valence-electron chi connectivity index (χ1n) is 6.71. The quantitative estimate of drug-likeness (QED) is 0.871. The third-order valence-corrected chi connectivity index (χ3v) is 3.30. The van der Waals surface area contributed by atoms with Gasteiger partial charge in [-0.05, 0) is 37.8 Å². The van der Waals surface area contributed by atoms with Gasteiger partial charge < -0.3 is 10.6 Å². The summed E-state index contributed by atoms with van der Waals surface area (Å²) in [7, 11) is 0. The summed E-state index contributed by atoms with van der Waals surface area (Å²) in [4.78, 5) is 6.97. The average molecular weight is 233 g/mol. The fourth-order valence-electron chi connectivity index (χ4n) is 2.40. The number of hydrogen-bond donors (Lipinski definition) is 1. The van der Waals surface area contributed by atoms with Crippen LogP contribution in [0, 0.1) is 0 Å². The van der Waals surface area contributed by atoms with E-state index in [2.05, 4.69) is 22.0 Å². The van der Waals surface area contributed by atoms with Crippen LogP contribution >= 0.6 is 0 Å². The molecule has 2 heterocycles. The molecule has 1 aromatic rings. The van der Waals surface area contributed by atoms with Gasteiger partial charge in [-0.2, -0.15) is 0 Å². The molecule has 0 bridgehead atoms. The molecule has 3 nitrogen and oxygen atoms in total. The third kappa shape index (κ3) is 3.70. The van der Waals surface area contributed by atoms with E-state index in [1.807, 2.05) is 13.1 Å². The van der Waals surface area contributed by atoms with Gasteiger partial charge in [0, 0.05) is 25.3 Å². The van der Waals surface area contributed by atoms with Crippen molar-refractivity contribution in [1.82, 2.24) is 4.98 Å². The highest BCUT2D eigenvalue weighted by atomic mass is 15.2. The lowest BCUT2D eigenvalue weighted by atomic mass is 10.1. The van der Waals surface area contributed by atoms with Gasteiger partial charge in [0.25, 0.3) is 0 Å². The molecule has 0 spiro atoms. The summed E-state index contributed by atoms with van der Waals surface area (Å²) in [5.41, 5.74) is 7.02. The van der Waals surface area contributed by atoms with Gasteiger partial charge in [0.1, 0.15) is 5.82 Å². The Hall–Kier alpha value is -1.09. The number of rotatable bonds is 3. The van der Waals surface area contributed by atoms with Crippen molar-refractivity contribution < 1.29 is 0 Å². The summed E-state index contributed by atoms with van der Waals surface area (Å²) in [6, 6.07) is 4.51. The van der Waals surface area contributed by atoms with E-state index in [1.54, 1.807) is 0 Å². The van der Waals surface area contributed by atoms with E-state index in [4.69, 9.17) is 5.73 Å². The van der Waals surface area contributed by atoms with Crippen LogP contribution in [-0.4, -0.2) is 24.1 Å². The maximum atomic E-state index is 5.79. The molecular weight excluding hydrogens is 210 g/mol. The van der Waals surface area contributed by atoms with Crippen LogP contribution in [-0.2, 0) is 6.42 Å². The molecule has 1 unspecified atom stereocenters. The molecule has 0 saturated carbocycles. The fourth-order valence-corrected chi connectivity index (χ4v) is 2.40. The predicted molar refractivity (Wildman–Crippen MR) is 72.3 cm³/mol. The molecule has 3 heteroatoms. The molecule has 94 valence electrons. The molecule has 1 aliphatic rings. The minimum Gasteiger partial charge on any atom is -0.357 e. The van der Waals surface area contributed by atoms with E-state index in [0.29, 0.717) is 0 Å². The standard InChI is InChI=1S/C14H23N3/c1-12(15)10-13-6-7-14(16-11-13)17-8-4-2-3-5-9-17/h6-7,11-12H,2-5,8-10,15H2,1H3. The second-order valence-corrected chi connectivity index (χ2v) is 5.11. The summed E-state index contributed by atoms with van der Waals surface area (Å²) < 4.78 is 0. The van der Waals surface area contributed by atoms with Crippen molar-refractivity contribution in [3.8, 4) is 0 Å². The highest BCUT2D eigenvalue weighted by Crippen LogP contribution is 2.17. The number of nitrogens with zero attached hydrogens (tertiary/aromatic N) is 2. The van der Waals surface area contributed by atoms with Crippen molar-refractivity contribution in [1.29, 1.82) is 0 Å². The molecule has 2 rings (SSSR count). The second-order valence-electron chi connectivity index (χ2n) is 5.11. The van der Waals surface area contributed by atoms with E-state index < -0.39 is 0 Å². The molecule has 1 aromatic heterocycles. The lowest BCUT2D eigenvalue weighted by Crippen LogP contribution is -2.25. The normalized spacial score (nSPS) is 18.8. The van der Waals surface area contributed by atoms with Gasteiger partial charge >= 0.3 is 0 Å². The minimum absolute atomic E-state index is 0.209. The van der Waals surface area contributed by atoms with E-state index in [0.717, 1.165) is 25.3 Å². The molecule has 0 amide bonds. The Labute approximate surface area is 104 Å². The van der Waals surface area contributed by atoms with E-state index in [9.17, 15) is 0 Å². The third-order valence-electron chi connectivity index (χ3n) is 3.30. The molecular formula is C14H23N3. The Balaban J connectivity index is 2.00. The summed E-state index contributed by atoms with van der Waals surface area (Å²) in [5, 5.41) is 0. The van der Waals surface area contributed by atoms with Crippen molar-refractivity contribution in [3.63, 3.8) is 0 Å². The molecule has 17 heavy (non-hydrogen) atoms. The zero-order valence-corrected chi connectivity index (χ0v) is 10.7. The van der Waals surface area contributed by atoms with E-state index >= 15 is 0 Å². The van der Waals surface area contributed by atoms with E-state index in [1.165, 1.54) is 31.2 Å². The van der Waals surface area contributed by atoms with Crippen LogP contribution in [0.1, 0.15) is 38.2 Å². The van der Waals surface area contributed by atoms with Crippen LogP contribution in [0.15, 0.2) is 18.3 Å². The molecule has 0 aromatic carbocycles. The van der Waals surface area contributed by atoms with Crippen LogP contribution in [0.25, 0.3) is 0 Å². The largest absolute Gasteiger partial charge is 0.357 e. The molecule has 2 N–H and O–H groups in total. The monoisotopic (exact) mass is 233 g/mol. The van der Waals surface area contributed by atoms with Gasteiger partial charge in [-0.15, -0.1) is 0 Å². The summed E-state index contributed by atoms with van der Waals surface area (Å²) in [5.74, 6) is 1.13. The molecule has 1 fully saturated rings. The second kappa shape index (κ2) is 6.01. The van der Waals surface area contributed by atoms with Crippen molar-refractivity contribution >= 4 is 5.82 Å². The number of hydrogen-bond acceptors (Lipinski definition) is 3. The summed E-state index contributed by atoms with van der Waals surface area (Å²) in [6.45, 7) is 4.34. The molecule has 0 radical (unpaired) electrons. The minimum atomic E-state index is 0.209. The van der Waals surface area contributed by atoms with Crippen molar-refractivity contribution in [2.45, 2.75) is 45.1 Å². The topological polar surface area (TPSA) is 42.1 Å². The first kappa shape index (κ1) is 12.4. The molecule has 1 atom stereocenters. The number of anilines is 1. The fraction of sp³-hybridized carbons (Fsp3) is 0.643. The Bertz CT molecular complexity index is 324. The van der Waals surface area contributed by atoms with Gasteiger partial charge in [-0.25, -0.2) is 4.98 Å². The lowest BCUT2D eigenvalue weighted by molar-refractivity contribution is 0.726. The predicted octanol–water partition coefficient (Wildman–Crippen LogP) is 2.35. The van der Waals surface area contributed by atoms with Gasteiger partial charge in [-0.1, -0.05) is 18.9 Å². The van der Waals surface area contributed by atoms with Crippen molar-refractivity contribution in [3.05, 3.63) is 23.9 Å². The van der Waals surface area contributed by atoms with Crippen LogP contribution in [0.4, 0.5) is 5.82 Å². The SMILES string of the molecule is CC(N)Cc1ccc(N2CCCCCC2)nc1. The Morgan fingerprint density at radius 3 is 2.47 bits per heavy atom. The van der Waals surface area contributed by atoms with Crippen LogP contribution in [0.5, 0.6) is 0 Å². The number of nitrogens with two attached hydrogens (primary N) is 1. The number of pyridine rings is 1. The number of aromatic nitrogens is 1. The van der Waals surface area contributed by atoms with Crippen LogP contribution < -0.4 is 10.6 Å². The first-order valence-corrected chi connectivity index (χ1v) is 6.71. The lowest BCUT2D eigenvalue weighted by Gasteiger charge is -2.21. The zero-order chi connectivity index (χ0) is 12.1. The van der Waals surface area contributed by atoms with E-state index in [-0.39, 0.29) is 6.04 Å². The Morgan fingerprint density at radius 2 is 1.94 bits per heavy atom. The highest BCUT2D eigenvalue weighted by Gasteiger charge is 2.10. The molecule has 1 aliphatic heterocycles. The highest BCUT2D eigenvalue weighted by molar-refractivity contribution is 5.39. The summed E-state index contributed by atoms with van der Waals surface area (Å²) in [6.07, 6.45) is 8.20. The maximum absolute atomic E-state index is 5.79. The van der Waals surface area contributed by atoms with Crippen LogP contribution in [0.3, 0.4) is 0 Å². The zero-order valence-electron chi connectivity index (χ0n) is 10.7. The van der Waals surface area contributed by atoms with Gasteiger partial charge in [-0.3, -0.25) is 0 Å².